The van der Waals surface area contributed by atoms with Crippen molar-refractivity contribution in [2.75, 3.05) is 0 Å². The molecule has 1 aromatic carbocycles. The van der Waals surface area contributed by atoms with Crippen LogP contribution in [0.15, 0.2) is 65.2 Å². The van der Waals surface area contributed by atoms with Crippen molar-refractivity contribution < 1.29 is 13.9 Å². The van der Waals surface area contributed by atoms with E-state index in [1.54, 1.807) is 18.3 Å². The van der Waals surface area contributed by atoms with Crippen molar-refractivity contribution in [3.8, 4) is 17.0 Å². The second-order valence-electron chi connectivity index (χ2n) is 4.42. The zero-order valence-corrected chi connectivity index (χ0v) is 11.2. The van der Waals surface area contributed by atoms with Crippen LogP contribution < -0.4 is 4.74 Å². The fourth-order valence-electron chi connectivity index (χ4n) is 2.01. The van der Waals surface area contributed by atoms with Gasteiger partial charge in [0.15, 0.2) is 12.0 Å². The van der Waals surface area contributed by atoms with Crippen LogP contribution in [0.5, 0.6) is 5.75 Å². The number of hydrogen-bond acceptors (Lipinski definition) is 4. The van der Waals surface area contributed by atoms with E-state index in [-0.39, 0.29) is 6.61 Å². The van der Waals surface area contributed by atoms with Gasteiger partial charge in [-0.1, -0.05) is 18.2 Å². The standard InChI is InChI=1S/C17H13NO3/c19-11-13-8-9-14(21-13)12-20-17-7-2-1-5-15(17)16-6-3-4-10-18-16/h1-11H,12H2. The van der Waals surface area contributed by atoms with Gasteiger partial charge in [-0.3, -0.25) is 9.78 Å². The summed E-state index contributed by atoms with van der Waals surface area (Å²) in [7, 11) is 0. The van der Waals surface area contributed by atoms with Crippen molar-refractivity contribution in [2.24, 2.45) is 0 Å². The fourth-order valence-corrected chi connectivity index (χ4v) is 2.01. The number of pyridine rings is 1. The molecule has 0 aliphatic carbocycles. The Hall–Kier alpha value is -2.88. The molecule has 0 saturated carbocycles. The number of carbonyl (C=O) groups excluding carboxylic acids is 1. The maximum Gasteiger partial charge on any atom is 0.185 e. The molecule has 2 heterocycles. The molecular formula is C17H13NO3. The van der Waals surface area contributed by atoms with Crippen molar-refractivity contribution >= 4 is 6.29 Å². The Kier molecular flexibility index (Phi) is 3.78. The van der Waals surface area contributed by atoms with Gasteiger partial charge in [-0.25, -0.2) is 0 Å². The number of nitrogens with zero attached hydrogens (tertiary/aromatic N) is 1. The molecule has 3 aromatic rings. The minimum atomic E-state index is 0.262. The van der Waals surface area contributed by atoms with Crippen molar-refractivity contribution in [3.05, 3.63) is 72.3 Å². The van der Waals surface area contributed by atoms with Crippen LogP contribution in [0, 0.1) is 0 Å². The van der Waals surface area contributed by atoms with Gasteiger partial charge in [0.1, 0.15) is 18.1 Å². The van der Waals surface area contributed by atoms with Gasteiger partial charge in [-0.05, 0) is 36.4 Å². The summed E-state index contributed by atoms with van der Waals surface area (Å²) in [4.78, 5) is 14.9. The zero-order chi connectivity index (χ0) is 14.5. The van der Waals surface area contributed by atoms with Gasteiger partial charge >= 0.3 is 0 Å². The van der Waals surface area contributed by atoms with Crippen LogP contribution in [0.25, 0.3) is 11.3 Å². The minimum absolute atomic E-state index is 0.262. The van der Waals surface area contributed by atoms with Crippen LogP contribution in [0.4, 0.5) is 0 Å². The summed E-state index contributed by atoms with van der Waals surface area (Å²) in [6, 6.07) is 16.8. The molecule has 104 valence electrons. The van der Waals surface area contributed by atoms with Gasteiger partial charge in [0.2, 0.25) is 0 Å². The summed E-state index contributed by atoms with van der Waals surface area (Å²) in [5.41, 5.74) is 1.77. The van der Waals surface area contributed by atoms with Crippen molar-refractivity contribution in [1.82, 2.24) is 4.98 Å². The summed E-state index contributed by atoms with van der Waals surface area (Å²) < 4.78 is 11.1. The lowest BCUT2D eigenvalue weighted by molar-refractivity contribution is 0.109. The van der Waals surface area contributed by atoms with E-state index < -0.39 is 0 Å². The molecule has 0 radical (unpaired) electrons. The molecule has 3 rings (SSSR count). The Balaban J connectivity index is 1.81. The first-order chi connectivity index (χ1) is 10.4. The van der Waals surface area contributed by atoms with E-state index in [0.29, 0.717) is 17.8 Å². The van der Waals surface area contributed by atoms with Crippen LogP contribution in [-0.2, 0) is 6.61 Å². The third kappa shape index (κ3) is 3.00. The van der Waals surface area contributed by atoms with Crippen LogP contribution in [-0.4, -0.2) is 11.3 Å². The number of rotatable bonds is 5. The molecule has 0 aliphatic rings. The first-order valence-electron chi connectivity index (χ1n) is 6.54. The molecule has 0 aliphatic heterocycles. The van der Waals surface area contributed by atoms with Gasteiger partial charge in [0.05, 0.1) is 5.69 Å². The Bertz CT molecular complexity index is 735. The summed E-state index contributed by atoms with van der Waals surface area (Å²) >= 11 is 0. The van der Waals surface area contributed by atoms with Crippen molar-refractivity contribution in [1.29, 1.82) is 0 Å². The van der Waals surface area contributed by atoms with Crippen LogP contribution in [0.1, 0.15) is 16.3 Å². The molecule has 0 N–H and O–H groups in total. The second kappa shape index (κ2) is 6.05. The number of hydrogen-bond donors (Lipinski definition) is 0. The molecular weight excluding hydrogens is 266 g/mol. The summed E-state index contributed by atoms with van der Waals surface area (Å²) in [5.74, 6) is 1.62. The van der Waals surface area contributed by atoms with Crippen LogP contribution in [0.3, 0.4) is 0 Å². The van der Waals surface area contributed by atoms with E-state index in [1.165, 1.54) is 0 Å². The smallest absolute Gasteiger partial charge is 0.185 e. The number of para-hydroxylation sites is 1. The molecule has 0 fully saturated rings. The highest BCUT2D eigenvalue weighted by Crippen LogP contribution is 2.28. The predicted octanol–water partition coefficient (Wildman–Crippen LogP) is 3.73. The molecule has 4 nitrogen and oxygen atoms in total. The van der Waals surface area contributed by atoms with Gasteiger partial charge in [0, 0.05) is 11.8 Å². The number of aromatic nitrogens is 1. The van der Waals surface area contributed by atoms with Gasteiger partial charge in [-0.15, -0.1) is 0 Å². The Morgan fingerprint density at radius 1 is 1.05 bits per heavy atom. The molecule has 0 amide bonds. The molecule has 0 bridgehead atoms. The normalized spacial score (nSPS) is 10.3. The summed E-state index contributed by atoms with van der Waals surface area (Å²) in [6.45, 7) is 0.262. The number of carbonyl (C=O) groups is 1. The molecule has 0 unspecified atom stereocenters. The molecule has 21 heavy (non-hydrogen) atoms. The highest BCUT2D eigenvalue weighted by molar-refractivity contribution is 5.70. The first kappa shape index (κ1) is 13.1. The third-order valence-electron chi connectivity index (χ3n) is 3.00. The molecule has 2 aromatic heterocycles. The Morgan fingerprint density at radius 2 is 1.90 bits per heavy atom. The Labute approximate surface area is 122 Å². The average Bonchev–Trinajstić information content (AvgIpc) is 3.02. The monoisotopic (exact) mass is 279 g/mol. The van der Waals surface area contributed by atoms with E-state index in [1.807, 2.05) is 42.5 Å². The summed E-state index contributed by atoms with van der Waals surface area (Å²) in [6.07, 6.45) is 2.42. The first-order valence-corrected chi connectivity index (χ1v) is 6.54. The Morgan fingerprint density at radius 3 is 2.67 bits per heavy atom. The topological polar surface area (TPSA) is 52.3 Å². The maximum absolute atomic E-state index is 10.6. The van der Waals surface area contributed by atoms with E-state index in [0.717, 1.165) is 17.0 Å². The van der Waals surface area contributed by atoms with E-state index in [2.05, 4.69) is 4.98 Å². The second-order valence-corrected chi connectivity index (χ2v) is 4.42. The van der Waals surface area contributed by atoms with E-state index in [9.17, 15) is 4.79 Å². The largest absolute Gasteiger partial charge is 0.485 e. The third-order valence-corrected chi connectivity index (χ3v) is 3.00. The quantitative estimate of drug-likeness (QED) is 0.668. The molecule has 0 atom stereocenters. The molecule has 0 saturated heterocycles. The molecule has 4 heteroatoms. The zero-order valence-electron chi connectivity index (χ0n) is 11.2. The van der Waals surface area contributed by atoms with Crippen molar-refractivity contribution in [3.63, 3.8) is 0 Å². The average molecular weight is 279 g/mol. The SMILES string of the molecule is O=Cc1ccc(COc2ccccc2-c2ccccn2)o1. The fraction of sp³-hybridized carbons (Fsp3) is 0.0588. The lowest BCUT2D eigenvalue weighted by atomic mass is 10.1. The summed E-state index contributed by atoms with van der Waals surface area (Å²) in [5, 5.41) is 0. The van der Waals surface area contributed by atoms with E-state index >= 15 is 0 Å². The lowest BCUT2D eigenvalue weighted by Crippen LogP contribution is -1.96. The van der Waals surface area contributed by atoms with Gasteiger partial charge in [0.25, 0.3) is 0 Å². The van der Waals surface area contributed by atoms with Gasteiger partial charge < -0.3 is 9.15 Å². The number of benzene rings is 1. The van der Waals surface area contributed by atoms with E-state index in [4.69, 9.17) is 9.15 Å². The van der Waals surface area contributed by atoms with Crippen LogP contribution in [0.2, 0.25) is 0 Å². The van der Waals surface area contributed by atoms with Crippen LogP contribution >= 0.6 is 0 Å². The van der Waals surface area contributed by atoms with Crippen molar-refractivity contribution in [2.45, 2.75) is 6.61 Å². The number of aldehydes is 1. The maximum atomic E-state index is 10.6. The highest BCUT2D eigenvalue weighted by atomic mass is 16.5. The van der Waals surface area contributed by atoms with Gasteiger partial charge in [-0.2, -0.15) is 0 Å². The highest BCUT2D eigenvalue weighted by Gasteiger charge is 2.08. The molecule has 0 spiro atoms. The number of ether oxygens (including phenoxy) is 1. The predicted molar refractivity (Wildman–Crippen MR) is 78.1 cm³/mol. The lowest BCUT2D eigenvalue weighted by Gasteiger charge is -2.09. The minimum Gasteiger partial charge on any atom is -0.485 e. The number of furan rings is 1.